The summed E-state index contributed by atoms with van der Waals surface area (Å²) >= 11 is 0. The predicted octanol–water partition coefficient (Wildman–Crippen LogP) is 0.657. The molecule has 1 saturated carbocycles. The Kier molecular flexibility index (Phi) is 4.54. The maximum atomic E-state index is 11.6. The van der Waals surface area contributed by atoms with Crippen LogP contribution in [-0.4, -0.2) is 31.2 Å². The zero-order chi connectivity index (χ0) is 11.3. The topological polar surface area (TPSA) is 64.3 Å². The minimum Gasteiger partial charge on any atom is -0.379 e. The average molecular weight is 214 g/mol. The molecule has 15 heavy (non-hydrogen) atoms. The molecule has 1 unspecified atom stereocenters. The van der Waals surface area contributed by atoms with E-state index in [2.05, 4.69) is 12.2 Å². The van der Waals surface area contributed by atoms with Gasteiger partial charge in [-0.2, -0.15) is 0 Å². The Morgan fingerprint density at radius 2 is 2.20 bits per heavy atom. The Labute approximate surface area is 91.5 Å². The van der Waals surface area contributed by atoms with Crippen molar-refractivity contribution in [2.75, 3.05) is 19.8 Å². The van der Waals surface area contributed by atoms with Gasteiger partial charge in [-0.1, -0.05) is 13.8 Å². The van der Waals surface area contributed by atoms with Gasteiger partial charge < -0.3 is 15.8 Å². The van der Waals surface area contributed by atoms with Gasteiger partial charge in [-0.3, -0.25) is 4.79 Å². The number of ether oxygens (including phenoxy) is 1. The van der Waals surface area contributed by atoms with Gasteiger partial charge in [-0.25, -0.2) is 0 Å². The Balaban J connectivity index is 2.59. The predicted molar refractivity (Wildman–Crippen MR) is 59.4 cm³/mol. The lowest BCUT2D eigenvalue weighted by Crippen LogP contribution is -2.60. The monoisotopic (exact) mass is 214 g/mol. The zero-order valence-electron chi connectivity index (χ0n) is 9.71. The highest BCUT2D eigenvalue weighted by molar-refractivity contribution is 5.85. The first-order chi connectivity index (χ1) is 7.17. The fourth-order valence-electron chi connectivity index (χ4n) is 1.94. The van der Waals surface area contributed by atoms with Crippen molar-refractivity contribution in [1.82, 2.24) is 5.32 Å². The number of hydrogen-bond donors (Lipinski definition) is 2. The van der Waals surface area contributed by atoms with Gasteiger partial charge >= 0.3 is 0 Å². The van der Waals surface area contributed by atoms with Crippen LogP contribution in [0, 0.1) is 5.92 Å². The number of carbonyl (C=O) groups is 1. The SMILES string of the molecule is CCCOCC(NCC)(C(N)=O)C1CC1. The summed E-state index contributed by atoms with van der Waals surface area (Å²) < 4.78 is 5.50. The van der Waals surface area contributed by atoms with Gasteiger partial charge in [0.05, 0.1) is 6.61 Å². The number of nitrogens with one attached hydrogen (secondary N) is 1. The van der Waals surface area contributed by atoms with Crippen LogP contribution >= 0.6 is 0 Å². The van der Waals surface area contributed by atoms with Crippen molar-refractivity contribution in [3.05, 3.63) is 0 Å². The Morgan fingerprint density at radius 3 is 2.60 bits per heavy atom. The first-order valence-electron chi connectivity index (χ1n) is 5.80. The molecule has 0 aromatic rings. The molecule has 1 fully saturated rings. The molecule has 1 atom stereocenters. The summed E-state index contributed by atoms with van der Waals surface area (Å²) in [7, 11) is 0. The molecule has 1 aliphatic rings. The van der Waals surface area contributed by atoms with Crippen molar-refractivity contribution in [1.29, 1.82) is 0 Å². The lowest BCUT2D eigenvalue weighted by molar-refractivity contribution is -0.128. The smallest absolute Gasteiger partial charge is 0.240 e. The lowest BCUT2D eigenvalue weighted by Gasteiger charge is -2.31. The number of primary amides is 1. The fraction of sp³-hybridized carbons (Fsp3) is 0.909. The summed E-state index contributed by atoms with van der Waals surface area (Å²) in [4.78, 5) is 11.6. The Morgan fingerprint density at radius 1 is 1.53 bits per heavy atom. The molecule has 0 aromatic heterocycles. The molecule has 0 bridgehead atoms. The lowest BCUT2D eigenvalue weighted by atomic mass is 9.93. The second-order valence-corrected chi connectivity index (χ2v) is 4.19. The molecule has 0 saturated heterocycles. The molecule has 4 nitrogen and oxygen atoms in total. The summed E-state index contributed by atoms with van der Waals surface area (Å²) in [6.45, 7) is 5.88. The van der Waals surface area contributed by atoms with Crippen LogP contribution in [0.25, 0.3) is 0 Å². The molecule has 0 aromatic carbocycles. The van der Waals surface area contributed by atoms with E-state index in [0.717, 1.165) is 25.8 Å². The average Bonchev–Trinajstić information content (AvgIpc) is 3.00. The zero-order valence-corrected chi connectivity index (χ0v) is 9.71. The summed E-state index contributed by atoms with van der Waals surface area (Å²) in [5, 5.41) is 3.22. The maximum absolute atomic E-state index is 11.6. The van der Waals surface area contributed by atoms with E-state index in [1.807, 2.05) is 6.92 Å². The minimum absolute atomic E-state index is 0.275. The molecular weight excluding hydrogens is 192 g/mol. The highest BCUT2D eigenvalue weighted by Gasteiger charge is 2.49. The molecular formula is C11H22N2O2. The fourth-order valence-corrected chi connectivity index (χ4v) is 1.94. The number of likely N-dealkylation sites (N-methyl/N-ethyl adjacent to an activating group) is 1. The van der Waals surface area contributed by atoms with Crippen molar-refractivity contribution in [3.63, 3.8) is 0 Å². The van der Waals surface area contributed by atoms with Crippen molar-refractivity contribution < 1.29 is 9.53 Å². The third-order valence-electron chi connectivity index (χ3n) is 2.88. The first kappa shape index (κ1) is 12.5. The van der Waals surface area contributed by atoms with Crippen LogP contribution in [0.4, 0.5) is 0 Å². The van der Waals surface area contributed by atoms with Gasteiger partial charge in [0, 0.05) is 6.61 Å². The molecule has 1 aliphatic carbocycles. The quantitative estimate of drug-likeness (QED) is 0.583. The molecule has 3 N–H and O–H groups in total. The van der Waals surface area contributed by atoms with E-state index >= 15 is 0 Å². The molecule has 0 heterocycles. The number of hydrogen-bond acceptors (Lipinski definition) is 3. The van der Waals surface area contributed by atoms with Crippen molar-refractivity contribution >= 4 is 5.91 Å². The molecule has 88 valence electrons. The van der Waals surface area contributed by atoms with Crippen molar-refractivity contribution in [2.45, 2.75) is 38.6 Å². The summed E-state index contributed by atoms with van der Waals surface area (Å²) in [6, 6.07) is 0. The van der Waals surface area contributed by atoms with Crippen LogP contribution in [0.3, 0.4) is 0 Å². The van der Waals surface area contributed by atoms with E-state index in [9.17, 15) is 4.79 Å². The van der Waals surface area contributed by atoms with Gasteiger partial charge in [0.15, 0.2) is 0 Å². The molecule has 4 heteroatoms. The third-order valence-corrected chi connectivity index (χ3v) is 2.88. The van der Waals surface area contributed by atoms with Crippen LogP contribution in [0.15, 0.2) is 0 Å². The van der Waals surface area contributed by atoms with Crippen LogP contribution in [0.5, 0.6) is 0 Å². The van der Waals surface area contributed by atoms with Crippen LogP contribution in [0.2, 0.25) is 0 Å². The summed E-state index contributed by atoms with van der Waals surface area (Å²) in [5.74, 6) is 0.0924. The summed E-state index contributed by atoms with van der Waals surface area (Å²) in [6.07, 6.45) is 3.11. The van der Waals surface area contributed by atoms with E-state index in [1.165, 1.54) is 0 Å². The van der Waals surface area contributed by atoms with E-state index in [1.54, 1.807) is 0 Å². The third kappa shape index (κ3) is 2.92. The largest absolute Gasteiger partial charge is 0.379 e. The number of amides is 1. The molecule has 0 spiro atoms. The Bertz CT molecular complexity index is 217. The van der Waals surface area contributed by atoms with Crippen molar-refractivity contribution in [2.24, 2.45) is 11.7 Å². The van der Waals surface area contributed by atoms with Gasteiger partial charge in [0.25, 0.3) is 0 Å². The summed E-state index contributed by atoms with van der Waals surface area (Å²) in [5.41, 5.74) is 4.88. The van der Waals surface area contributed by atoms with E-state index in [4.69, 9.17) is 10.5 Å². The number of carbonyl (C=O) groups excluding carboxylic acids is 1. The number of nitrogens with two attached hydrogens (primary N) is 1. The van der Waals surface area contributed by atoms with E-state index in [0.29, 0.717) is 19.1 Å². The molecule has 1 rings (SSSR count). The Hall–Kier alpha value is -0.610. The second-order valence-electron chi connectivity index (χ2n) is 4.19. The number of rotatable bonds is 8. The van der Waals surface area contributed by atoms with Gasteiger partial charge in [-0.15, -0.1) is 0 Å². The first-order valence-corrected chi connectivity index (χ1v) is 5.80. The van der Waals surface area contributed by atoms with Gasteiger partial charge in [-0.05, 0) is 31.7 Å². The van der Waals surface area contributed by atoms with Crippen LogP contribution < -0.4 is 11.1 Å². The van der Waals surface area contributed by atoms with Crippen LogP contribution in [0.1, 0.15) is 33.1 Å². The molecule has 0 radical (unpaired) electrons. The minimum atomic E-state index is -0.621. The highest BCUT2D eigenvalue weighted by atomic mass is 16.5. The maximum Gasteiger partial charge on any atom is 0.240 e. The van der Waals surface area contributed by atoms with Gasteiger partial charge in [0.1, 0.15) is 5.54 Å². The second kappa shape index (κ2) is 5.47. The molecule has 0 aliphatic heterocycles. The molecule has 1 amide bonds. The normalized spacial score (nSPS) is 19.9. The standard InChI is InChI=1S/C11H22N2O2/c1-3-7-15-8-11(10(12)14,13-4-2)9-5-6-9/h9,13H,3-8H2,1-2H3,(H2,12,14). The van der Waals surface area contributed by atoms with E-state index in [-0.39, 0.29) is 5.91 Å². The van der Waals surface area contributed by atoms with E-state index < -0.39 is 5.54 Å². The highest BCUT2D eigenvalue weighted by Crippen LogP contribution is 2.39. The van der Waals surface area contributed by atoms with Gasteiger partial charge in [0.2, 0.25) is 5.91 Å². The van der Waals surface area contributed by atoms with Crippen molar-refractivity contribution in [3.8, 4) is 0 Å². The van der Waals surface area contributed by atoms with Crippen LogP contribution in [-0.2, 0) is 9.53 Å².